The Morgan fingerprint density at radius 3 is 2.34 bits per heavy atom. The molecule has 0 fully saturated rings. The maximum Gasteiger partial charge on any atom is 0.573 e. The van der Waals surface area contributed by atoms with Crippen molar-refractivity contribution in [3.8, 4) is 17.2 Å². The quantitative estimate of drug-likeness (QED) is 0.498. The number of hydrogen-bond donors (Lipinski definition) is 1. The first-order valence-corrected chi connectivity index (χ1v) is 9.22. The molecule has 2 N–H and O–H groups in total. The number of hydrogen-bond acceptors (Lipinski definition) is 6. The van der Waals surface area contributed by atoms with Gasteiger partial charge in [0, 0.05) is 11.8 Å². The first-order chi connectivity index (χ1) is 15.2. The van der Waals surface area contributed by atoms with Crippen molar-refractivity contribution >= 4 is 5.91 Å². The standard InChI is InChI=1S/C11H10F3N3O.C10H8N2O2/c1-8-6-17(16-15-8)7-9-2-4-10(5-3-9)18-11(12,13)14;11-9(13)8-6-14-10(12-8)7-4-2-1-3-5-7/h2-6H,7H2,1H3;1-6H,(H2,11,13). The second kappa shape index (κ2) is 9.77. The van der Waals surface area contributed by atoms with Crippen LogP contribution < -0.4 is 10.5 Å². The molecule has 0 aliphatic rings. The lowest BCUT2D eigenvalue weighted by Crippen LogP contribution is -2.17. The lowest BCUT2D eigenvalue weighted by atomic mass is 10.2. The average Bonchev–Trinajstić information content (AvgIpc) is 3.39. The van der Waals surface area contributed by atoms with Crippen LogP contribution in [-0.4, -0.2) is 32.2 Å². The van der Waals surface area contributed by atoms with Gasteiger partial charge < -0.3 is 14.9 Å². The molecule has 0 radical (unpaired) electrons. The van der Waals surface area contributed by atoms with E-state index in [1.807, 2.05) is 37.3 Å². The monoisotopic (exact) mass is 445 g/mol. The number of benzene rings is 2. The Kier molecular flexibility index (Phi) is 6.88. The molecule has 0 unspecified atom stereocenters. The van der Waals surface area contributed by atoms with Gasteiger partial charge in [-0.25, -0.2) is 9.67 Å². The van der Waals surface area contributed by atoms with E-state index in [1.54, 1.807) is 23.0 Å². The van der Waals surface area contributed by atoms with Crippen LogP contribution in [0.3, 0.4) is 0 Å². The van der Waals surface area contributed by atoms with Gasteiger partial charge >= 0.3 is 6.36 Å². The van der Waals surface area contributed by atoms with Crippen molar-refractivity contribution in [2.75, 3.05) is 0 Å². The second-order valence-electron chi connectivity index (χ2n) is 6.52. The Balaban J connectivity index is 0.000000186. The molecule has 2 heterocycles. The highest BCUT2D eigenvalue weighted by Gasteiger charge is 2.30. The number of carbonyl (C=O) groups is 1. The fraction of sp³-hybridized carbons (Fsp3) is 0.143. The van der Waals surface area contributed by atoms with Gasteiger partial charge in [0.05, 0.1) is 12.2 Å². The van der Waals surface area contributed by atoms with Gasteiger partial charge in [-0.15, -0.1) is 18.3 Å². The summed E-state index contributed by atoms with van der Waals surface area (Å²) in [5.74, 6) is -0.420. The molecule has 0 spiro atoms. The van der Waals surface area contributed by atoms with E-state index in [4.69, 9.17) is 10.2 Å². The summed E-state index contributed by atoms with van der Waals surface area (Å²) in [6.45, 7) is 2.26. The van der Waals surface area contributed by atoms with E-state index in [9.17, 15) is 18.0 Å². The number of nitrogens with two attached hydrogens (primary N) is 1. The molecule has 4 aromatic rings. The molecule has 0 aliphatic carbocycles. The number of primary amides is 1. The van der Waals surface area contributed by atoms with Crippen LogP contribution in [-0.2, 0) is 6.54 Å². The summed E-state index contributed by atoms with van der Waals surface area (Å²) < 4.78 is 46.3. The minimum absolute atomic E-state index is 0.142. The molecule has 166 valence electrons. The minimum atomic E-state index is -4.66. The maximum atomic E-state index is 11.9. The Labute approximate surface area is 180 Å². The molecule has 0 bridgehead atoms. The predicted molar refractivity (Wildman–Crippen MR) is 107 cm³/mol. The van der Waals surface area contributed by atoms with Crippen molar-refractivity contribution in [1.29, 1.82) is 0 Å². The number of amides is 1. The van der Waals surface area contributed by atoms with Gasteiger partial charge in [0.15, 0.2) is 5.69 Å². The van der Waals surface area contributed by atoms with E-state index in [0.717, 1.165) is 16.8 Å². The van der Waals surface area contributed by atoms with E-state index >= 15 is 0 Å². The third kappa shape index (κ3) is 6.69. The van der Waals surface area contributed by atoms with Crippen LogP contribution in [0.5, 0.6) is 5.75 Å². The van der Waals surface area contributed by atoms with Crippen molar-refractivity contribution in [3.63, 3.8) is 0 Å². The molecular weight excluding hydrogens is 427 g/mol. The molecule has 8 nitrogen and oxygen atoms in total. The Hall–Kier alpha value is -4.15. The van der Waals surface area contributed by atoms with E-state index in [-0.39, 0.29) is 11.4 Å². The fourth-order valence-electron chi connectivity index (χ4n) is 2.56. The number of nitrogens with zero attached hydrogens (tertiary/aromatic N) is 4. The highest BCUT2D eigenvalue weighted by Crippen LogP contribution is 2.23. The summed E-state index contributed by atoms with van der Waals surface area (Å²) in [4.78, 5) is 14.7. The molecule has 0 saturated heterocycles. The van der Waals surface area contributed by atoms with E-state index < -0.39 is 12.3 Å². The van der Waals surface area contributed by atoms with Gasteiger partial charge in [-0.05, 0) is 36.8 Å². The normalized spacial score (nSPS) is 10.9. The number of aryl methyl sites for hydroxylation is 1. The second-order valence-corrected chi connectivity index (χ2v) is 6.52. The summed E-state index contributed by atoms with van der Waals surface area (Å²) >= 11 is 0. The first kappa shape index (κ1) is 22.5. The van der Waals surface area contributed by atoms with Crippen LogP contribution in [0, 0.1) is 6.92 Å². The van der Waals surface area contributed by atoms with Gasteiger partial charge in [-0.3, -0.25) is 4.79 Å². The van der Waals surface area contributed by atoms with Crippen LogP contribution in [0.2, 0.25) is 0 Å². The van der Waals surface area contributed by atoms with Crippen molar-refractivity contribution < 1.29 is 27.1 Å². The van der Waals surface area contributed by atoms with Crippen LogP contribution in [0.25, 0.3) is 11.5 Å². The predicted octanol–water partition coefficient (Wildman–Crippen LogP) is 3.97. The lowest BCUT2D eigenvalue weighted by molar-refractivity contribution is -0.274. The number of halogens is 3. The van der Waals surface area contributed by atoms with Crippen LogP contribution >= 0.6 is 0 Å². The molecular formula is C21H18F3N5O3. The molecule has 2 aromatic heterocycles. The van der Waals surface area contributed by atoms with Crippen LogP contribution in [0.1, 0.15) is 21.7 Å². The third-order valence-corrected chi connectivity index (χ3v) is 3.93. The van der Waals surface area contributed by atoms with Gasteiger partial charge in [-0.2, -0.15) is 0 Å². The molecule has 0 atom stereocenters. The van der Waals surface area contributed by atoms with E-state index in [0.29, 0.717) is 12.4 Å². The summed E-state index contributed by atoms with van der Waals surface area (Å²) in [6.07, 6.45) is -1.66. The van der Waals surface area contributed by atoms with Crippen molar-refractivity contribution in [2.24, 2.45) is 5.73 Å². The number of rotatable bonds is 5. The molecule has 4 rings (SSSR count). The Morgan fingerprint density at radius 1 is 1.12 bits per heavy atom. The molecule has 11 heteroatoms. The largest absolute Gasteiger partial charge is 0.573 e. The number of aromatic nitrogens is 4. The van der Waals surface area contributed by atoms with Crippen molar-refractivity contribution in [3.05, 3.63) is 84.0 Å². The highest BCUT2D eigenvalue weighted by atomic mass is 19.4. The number of carbonyl (C=O) groups excluding carboxylic acids is 1. The number of ether oxygens (including phenoxy) is 1. The highest BCUT2D eigenvalue weighted by molar-refractivity contribution is 5.90. The zero-order valence-corrected chi connectivity index (χ0v) is 16.8. The summed E-state index contributed by atoms with van der Waals surface area (Å²) in [7, 11) is 0. The topological polar surface area (TPSA) is 109 Å². The molecule has 0 saturated carbocycles. The molecule has 2 aromatic carbocycles. The Morgan fingerprint density at radius 2 is 1.81 bits per heavy atom. The number of oxazole rings is 1. The number of alkyl halides is 3. The summed E-state index contributed by atoms with van der Waals surface area (Å²) in [5, 5.41) is 7.67. The van der Waals surface area contributed by atoms with Gasteiger partial charge in [-0.1, -0.05) is 35.5 Å². The van der Waals surface area contributed by atoms with Crippen molar-refractivity contribution in [2.45, 2.75) is 19.8 Å². The third-order valence-electron chi connectivity index (χ3n) is 3.93. The molecule has 0 aliphatic heterocycles. The summed E-state index contributed by atoms with van der Waals surface area (Å²) in [6, 6.07) is 15.0. The zero-order chi connectivity index (χ0) is 23.1. The van der Waals surface area contributed by atoms with E-state index in [1.165, 1.54) is 18.4 Å². The fourth-order valence-corrected chi connectivity index (χ4v) is 2.56. The Bertz CT molecular complexity index is 1160. The molecule has 1 amide bonds. The zero-order valence-electron chi connectivity index (χ0n) is 16.8. The van der Waals surface area contributed by atoms with Gasteiger partial charge in [0.1, 0.15) is 12.0 Å². The smallest absolute Gasteiger partial charge is 0.444 e. The lowest BCUT2D eigenvalue weighted by Gasteiger charge is -2.09. The van der Waals surface area contributed by atoms with Crippen LogP contribution in [0.15, 0.2) is 71.5 Å². The van der Waals surface area contributed by atoms with E-state index in [2.05, 4.69) is 20.0 Å². The molecule has 32 heavy (non-hydrogen) atoms. The summed E-state index contributed by atoms with van der Waals surface area (Å²) in [5.41, 5.74) is 7.60. The van der Waals surface area contributed by atoms with Gasteiger partial charge in [0.2, 0.25) is 5.89 Å². The SMILES string of the molecule is Cc1cn(Cc2ccc(OC(F)(F)F)cc2)nn1.NC(=O)c1coc(-c2ccccc2)n1. The maximum absolute atomic E-state index is 11.9. The van der Waals surface area contributed by atoms with Gasteiger partial charge in [0.25, 0.3) is 5.91 Å². The van der Waals surface area contributed by atoms with Crippen LogP contribution in [0.4, 0.5) is 13.2 Å². The van der Waals surface area contributed by atoms with Crippen molar-refractivity contribution in [1.82, 2.24) is 20.0 Å². The average molecular weight is 445 g/mol. The minimum Gasteiger partial charge on any atom is -0.444 e. The first-order valence-electron chi connectivity index (χ1n) is 9.22.